The Kier molecular flexibility index (Phi) is 3.43. The summed E-state index contributed by atoms with van der Waals surface area (Å²) in [6.07, 6.45) is 1.11. The van der Waals surface area contributed by atoms with Gasteiger partial charge in [-0.1, -0.05) is 12.1 Å². The number of para-hydroxylation sites is 1. The maximum Gasteiger partial charge on any atom is 0.101 e. The number of hydrogen-bond acceptors (Lipinski definition) is 3. The first-order valence-corrected chi connectivity index (χ1v) is 5.62. The summed E-state index contributed by atoms with van der Waals surface area (Å²) in [7, 11) is 0. The highest BCUT2D eigenvalue weighted by atomic mass is 16.5. The third kappa shape index (κ3) is 2.34. The van der Waals surface area contributed by atoms with Gasteiger partial charge in [-0.15, -0.1) is 0 Å². The summed E-state index contributed by atoms with van der Waals surface area (Å²) in [6.45, 7) is 4.61. The fraction of sp³-hybridized carbons (Fsp3) is 0.462. The Bertz CT molecular complexity index is 403. The number of nitrogens with zero attached hydrogens (tertiary/aromatic N) is 1. The summed E-state index contributed by atoms with van der Waals surface area (Å²) in [5.74, 6) is 0.575. The molecule has 3 heteroatoms. The second-order valence-electron chi connectivity index (χ2n) is 4.22. The molecular formula is C13H16N2O. The van der Waals surface area contributed by atoms with Gasteiger partial charge in [0.15, 0.2) is 0 Å². The van der Waals surface area contributed by atoms with E-state index >= 15 is 0 Å². The zero-order valence-corrected chi connectivity index (χ0v) is 9.49. The maximum atomic E-state index is 9.02. The van der Waals surface area contributed by atoms with Crippen LogP contribution in [-0.4, -0.2) is 19.8 Å². The van der Waals surface area contributed by atoms with E-state index in [4.69, 9.17) is 10.00 Å². The van der Waals surface area contributed by atoms with Gasteiger partial charge in [0, 0.05) is 19.1 Å². The van der Waals surface area contributed by atoms with Crippen LogP contribution in [0.3, 0.4) is 0 Å². The molecule has 2 rings (SSSR count). The molecule has 84 valence electrons. The molecule has 1 aliphatic heterocycles. The first-order chi connectivity index (χ1) is 7.81. The summed E-state index contributed by atoms with van der Waals surface area (Å²) in [6, 6.07) is 8.00. The summed E-state index contributed by atoms with van der Waals surface area (Å²) in [5, 5.41) is 12.4. The molecule has 0 spiro atoms. The molecule has 1 aromatic carbocycles. The van der Waals surface area contributed by atoms with Crippen molar-refractivity contribution in [1.29, 1.82) is 5.26 Å². The highest BCUT2D eigenvalue weighted by Gasteiger charge is 2.16. The van der Waals surface area contributed by atoms with E-state index in [9.17, 15) is 0 Å². The Morgan fingerprint density at radius 2 is 2.44 bits per heavy atom. The van der Waals surface area contributed by atoms with Crippen LogP contribution in [0.1, 0.15) is 17.5 Å². The van der Waals surface area contributed by atoms with Crippen molar-refractivity contribution in [2.45, 2.75) is 13.3 Å². The molecule has 1 aliphatic rings. The van der Waals surface area contributed by atoms with Crippen LogP contribution in [-0.2, 0) is 4.74 Å². The SMILES string of the molecule is Cc1cccc(C#N)c1NCC1CCOC1. The molecule has 0 saturated carbocycles. The Morgan fingerprint density at radius 3 is 3.12 bits per heavy atom. The average Bonchev–Trinajstić information content (AvgIpc) is 2.80. The van der Waals surface area contributed by atoms with Crippen LogP contribution in [0.2, 0.25) is 0 Å². The van der Waals surface area contributed by atoms with Gasteiger partial charge in [-0.05, 0) is 25.0 Å². The van der Waals surface area contributed by atoms with Crippen molar-refractivity contribution in [3.05, 3.63) is 29.3 Å². The molecule has 1 fully saturated rings. The molecule has 1 atom stereocenters. The average molecular weight is 216 g/mol. The Balaban J connectivity index is 2.05. The number of hydrogen-bond donors (Lipinski definition) is 1. The van der Waals surface area contributed by atoms with E-state index in [2.05, 4.69) is 11.4 Å². The molecule has 1 N–H and O–H groups in total. The first-order valence-electron chi connectivity index (χ1n) is 5.62. The van der Waals surface area contributed by atoms with Crippen LogP contribution in [0.15, 0.2) is 18.2 Å². The fourth-order valence-electron chi connectivity index (χ4n) is 1.99. The topological polar surface area (TPSA) is 45.0 Å². The number of ether oxygens (including phenoxy) is 1. The molecular weight excluding hydrogens is 200 g/mol. The highest BCUT2D eigenvalue weighted by molar-refractivity contribution is 5.62. The molecule has 1 aromatic rings. The zero-order valence-electron chi connectivity index (χ0n) is 9.49. The molecule has 16 heavy (non-hydrogen) atoms. The van der Waals surface area contributed by atoms with Gasteiger partial charge in [0.25, 0.3) is 0 Å². The standard InChI is InChI=1S/C13H16N2O/c1-10-3-2-4-12(7-14)13(10)15-8-11-5-6-16-9-11/h2-4,11,15H,5-6,8-9H2,1H3. The number of benzene rings is 1. The van der Waals surface area contributed by atoms with E-state index in [1.54, 1.807) is 0 Å². The van der Waals surface area contributed by atoms with Gasteiger partial charge in [-0.25, -0.2) is 0 Å². The third-order valence-corrected chi connectivity index (χ3v) is 2.98. The van der Waals surface area contributed by atoms with Gasteiger partial charge in [0.2, 0.25) is 0 Å². The van der Waals surface area contributed by atoms with Crippen molar-refractivity contribution in [2.75, 3.05) is 25.1 Å². The molecule has 1 saturated heterocycles. The van der Waals surface area contributed by atoms with Gasteiger partial charge >= 0.3 is 0 Å². The minimum atomic E-state index is 0.575. The van der Waals surface area contributed by atoms with Gasteiger partial charge in [0.05, 0.1) is 17.9 Å². The predicted octanol–water partition coefficient (Wildman–Crippen LogP) is 2.32. The zero-order chi connectivity index (χ0) is 11.4. The molecule has 0 radical (unpaired) electrons. The Morgan fingerprint density at radius 1 is 1.56 bits per heavy atom. The second-order valence-corrected chi connectivity index (χ2v) is 4.22. The molecule has 0 bridgehead atoms. The molecule has 3 nitrogen and oxygen atoms in total. The molecule has 0 aliphatic carbocycles. The second kappa shape index (κ2) is 5.00. The number of nitrogens with one attached hydrogen (secondary N) is 1. The van der Waals surface area contributed by atoms with E-state index < -0.39 is 0 Å². The van der Waals surface area contributed by atoms with E-state index in [1.807, 2.05) is 25.1 Å². The Hall–Kier alpha value is -1.53. The summed E-state index contributed by atoms with van der Waals surface area (Å²) < 4.78 is 5.33. The van der Waals surface area contributed by atoms with Crippen LogP contribution in [0, 0.1) is 24.2 Å². The van der Waals surface area contributed by atoms with E-state index in [0.29, 0.717) is 5.92 Å². The normalized spacial score (nSPS) is 19.4. The largest absolute Gasteiger partial charge is 0.383 e. The van der Waals surface area contributed by atoms with Gasteiger partial charge < -0.3 is 10.1 Å². The minimum Gasteiger partial charge on any atom is -0.383 e. The summed E-state index contributed by atoms with van der Waals surface area (Å²) in [4.78, 5) is 0. The summed E-state index contributed by atoms with van der Waals surface area (Å²) >= 11 is 0. The van der Waals surface area contributed by atoms with Gasteiger partial charge in [-0.3, -0.25) is 0 Å². The summed E-state index contributed by atoms with van der Waals surface area (Å²) in [5.41, 5.74) is 2.81. The maximum absolute atomic E-state index is 9.02. The van der Waals surface area contributed by atoms with Crippen LogP contribution < -0.4 is 5.32 Å². The van der Waals surface area contributed by atoms with Crippen molar-refractivity contribution in [2.24, 2.45) is 5.92 Å². The lowest BCUT2D eigenvalue weighted by Crippen LogP contribution is -2.15. The van der Waals surface area contributed by atoms with Crippen LogP contribution in [0.4, 0.5) is 5.69 Å². The van der Waals surface area contributed by atoms with E-state index in [1.165, 1.54) is 0 Å². The quantitative estimate of drug-likeness (QED) is 0.843. The fourth-order valence-corrected chi connectivity index (χ4v) is 1.99. The van der Waals surface area contributed by atoms with Gasteiger partial charge in [-0.2, -0.15) is 5.26 Å². The molecule has 1 heterocycles. The van der Waals surface area contributed by atoms with Crippen LogP contribution in [0.25, 0.3) is 0 Å². The van der Waals surface area contributed by atoms with E-state index in [0.717, 1.165) is 43.0 Å². The van der Waals surface area contributed by atoms with Crippen molar-refractivity contribution in [3.8, 4) is 6.07 Å². The predicted molar refractivity (Wildman–Crippen MR) is 63.3 cm³/mol. The van der Waals surface area contributed by atoms with Gasteiger partial charge in [0.1, 0.15) is 6.07 Å². The number of aryl methyl sites for hydroxylation is 1. The minimum absolute atomic E-state index is 0.575. The smallest absolute Gasteiger partial charge is 0.101 e. The van der Waals surface area contributed by atoms with Crippen molar-refractivity contribution in [3.63, 3.8) is 0 Å². The highest BCUT2D eigenvalue weighted by Crippen LogP contribution is 2.21. The van der Waals surface area contributed by atoms with Crippen molar-refractivity contribution >= 4 is 5.69 Å². The lowest BCUT2D eigenvalue weighted by Gasteiger charge is -2.14. The van der Waals surface area contributed by atoms with Crippen molar-refractivity contribution in [1.82, 2.24) is 0 Å². The van der Waals surface area contributed by atoms with Crippen molar-refractivity contribution < 1.29 is 4.74 Å². The Labute approximate surface area is 96.0 Å². The monoisotopic (exact) mass is 216 g/mol. The lowest BCUT2D eigenvalue weighted by atomic mass is 10.1. The number of nitriles is 1. The van der Waals surface area contributed by atoms with Crippen LogP contribution >= 0.6 is 0 Å². The molecule has 0 aromatic heterocycles. The van der Waals surface area contributed by atoms with Crippen LogP contribution in [0.5, 0.6) is 0 Å². The molecule has 0 amide bonds. The lowest BCUT2D eigenvalue weighted by molar-refractivity contribution is 0.187. The number of rotatable bonds is 3. The van der Waals surface area contributed by atoms with E-state index in [-0.39, 0.29) is 0 Å². The number of anilines is 1. The molecule has 1 unspecified atom stereocenters. The first kappa shape index (κ1) is 11.0. The third-order valence-electron chi connectivity index (χ3n) is 2.98.